The van der Waals surface area contributed by atoms with Gasteiger partial charge in [0.25, 0.3) is 5.91 Å². The Bertz CT molecular complexity index is 1420. The smallest absolute Gasteiger partial charge is 0.323 e. The van der Waals surface area contributed by atoms with Crippen LogP contribution < -0.4 is 26.6 Å². The number of hydrogen-bond donors (Lipinski definition) is 4. The molecule has 2 aliphatic heterocycles. The number of nitrogens with two attached hydrogens (primary N) is 2. The number of anilines is 2. The van der Waals surface area contributed by atoms with Gasteiger partial charge in [0.05, 0.1) is 6.04 Å². The molecule has 2 aliphatic rings. The zero-order chi connectivity index (χ0) is 29.4. The van der Waals surface area contributed by atoms with Crippen molar-refractivity contribution in [1.29, 1.82) is 0 Å². The first-order valence-electron chi connectivity index (χ1n) is 13.6. The van der Waals surface area contributed by atoms with Crippen LogP contribution in [0.5, 0.6) is 0 Å². The second kappa shape index (κ2) is 16.6. The zero-order valence-electron chi connectivity index (χ0n) is 23.6. The summed E-state index contributed by atoms with van der Waals surface area (Å²) < 4.78 is 0. The maximum absolute atomic E-state index is 12.6. The number of piperidine rings is 1. The Morgan fingerprint density at radius 3 is 2.30 bits per heavy atom. The second-order valence-electron chi connectivity index (χ2n) is 9.98. The van der Waals surface area contributed by atoms with E-state index in [1.807, 2.05) is 18.2 Å². The largest absolute Gasteiger partial charge is 0.480 e. The number of nitrogens with one attached hydrogen (secondary N) is 1. The lowest BCUT2D eigenvalue weighted by atomic mass is 10.0. The Balaban J connectivity index is 0.000000287. The maximum Gasteiger partial charge on any atom is 0.323 e. The van der Waals surface area contributed by atoms with Crippen molar-refractivity contribution >= 4 is 59.9 Å². The number of carbonyl (C=O) groups is 4. The minimum atomic E-state index is -1.07. The van der Waals surface area contributed by atoms with Crippen molar-refractivity contribution in [1.82, 2.24) is 5.32 Å². The van der Waals surface area contributed by atoms with Gasteiger partial charge >= 0.3 is 5.97 Å². The molecule has 10 nitrogen and oxygen atoms in total. The number of para-hydroxylation sites is 1. The molecule has 2 heterocycles. The number of amides is 3. The highest BCUT2D eigenvalue weighted by Gasteiger charge is 2.31. The lowest BCUT2D eigenvalue weighted by Gasteiger charge is -2.27. The number of primary amides is 1. The number of benzene rings is 3. The molecule has 0 spiro atoms. The van der Waals surface area contributed by atoms with Crippen molar-refractivity contribution in [3.63, 3.8) is 0 Å². The molecule has 230 valence electrons. The summed E-state index contributed by atoms with van der Waals surface area (Å²) in [5.74, 6) is -1.77. The van der Waals surface area contributed by atoms with Gasteiger partial charge in [0.1, 0.15) is 6.54 Å². The highest BCUT2D eigenvalue weighted by molar-refractivity contribution is 6.08. The molecule has 6 N–H and O–H groups in total. The molecule has 0 aliphatic carbocycles. The standard InChI is InChI=1S/C16H16N2O3.C15H19N3O2.2ClH/c17-10-12-5-4-6-13(9-12)16(21)18(11-15(19)20)14-7-2-1-3-8-14;16-14(19)11-5-4-10-6-8-18(13(10)9-11)15(20)12-3-1-2-7-17-12;;/h1-9H,10-11,17H2,(H,19,20);4-5,9,12,17H,1-3,6-8H2,(H2,16,19);2*1H. The highest BCUT2D eigenvalue weighted by Crippen LogP contribution is 2.30. The van der Waals surface area contributed by atoms with Gasteiger partial charge < -0.3 is 26.8 Å². The molecule has 3 amide bonds. The highest BCUT2D eigenvalue weighted by atomic mass is 35.5. The molecule has 0 bridgehead atoms. The molecular formula is C31H37Cl2N5O5. The lowest BCUT2D eigenvalue weighted by Crippen LogP contribution is -2.48. The molecule has 1 atom stereocenters. The topological polar surface area (TPSA) is 159 Å². The van der Waals surface area contributed by atoms with E-state index >= 15 is 0 Å². The van der Waals surface area contributed by atoms with E-state index in [0.29, 0.717) is 29.9 Å². The molecule has 0 radical (unpaired) electrons. The van der Waals surface area contributed by atoms with Gasteiger partial charge in [-0.2, -0.15) is 0 Å². The molecule has 0 saturated carbocycles. The second-order valence-corrected chi connectivity index (χ2v) is 9.98. The monoisotopic (exact) mass is 629 g/mol. The van der Waals surface area contributed by atoms with Gasteiger partial charge in [-0.15, -0.1) is 24.8 Å². The molecule has 1 unspecified atom stereocenters. The van der Waals surface area contributed by atoms with Crippen LogP contribution in [0, 0.1) is 0 Å². The van der Waals surface area contributed by atoms with E-state index in [1.165, 1.54) is 4.90 Å². The molecular weight excluding hydrogens is 593 g/mol. The van der Waals surface area contributed by atoms with Crippen LogP contribution in [0.3, 0.4) is 0 Å². The van der Waals surface area contributed by atoms with E-state index in [-0.39, 0.29) is 42.7 Å². The number of carboxylic acid groups (broad SMARTS) is 1. The van der Waals surface area contributed by atoms with Crippen LogP contribution in [0.4, 0.5) is 11.4 Å². The summed E-state index contributed by atoms with van der Waals surface area (Å²) >= 11 is 0. The van der Waals surface area contributed by atoms with Gasteiger partial charge in [-0.1, -0.05) is 42.8 Å². The van der Waals surface area contributed by atoms with Crippen LogP contribution in [0.25, 0.3) is 0 Å². The minimum absolute atomic E-state index is 0. The van der Waals surface area contributed by atoms with E-state index in [9.17, 15) is 19.2 Å². The number of aliphatic carboxylic acids is 1. The van der Waals surface area contributed by atoms with Crippen LogP contribution in [-0.2, 0) is 22.6 Å². The number of fused-ring (bicyclic) bond motifs is 1. The lowest BCUT2D eigenvalue weighted by molar-refractivity contribution is -0.135. The summed E-state index contributed by atoms with van der Waals surface area (Å²) in [6.07, 6.45) is 3.95. The first-order chi connectivity index (χ1) is 19.8. The number of carboxylic acids is 1. The molecule has 5 rings (SSSR count). The summed E-state index contributed by atoms with van der Waals surface area (Å²) in [5.41, 5.74) is 15.1. The minimum Gasteiger partial charge on any atom is -0.480 e. The van der Waals surface area contributed by atoms with Crippen LogP contribution in [0.1, 0.15) is 51.1 Å². The average molecular weight is 631 g/mol. The van der Waals surface area contributed by atoms with E-state index in [0.717, 1.165) is 49.0 Å². The Hall–Kier alpha value is -3.96. The molecule has 3 aromatic rings. The predicted molar refractivity (Wildman–Crippen MR) is 171 cm³/mol. The Labute approximate surface area is 263 Å². The Morgan fingerprint density at radius 1 is 0.930 bits per heavy atom. The fourth-order valence-electron chi connectivity index (χ4n) is 5.02. The maximum atomic E-state index is 12.6. The molecule has 12 heteroatoms. The van der Waals surface area contributed by atoms with E-state index in [1.54, 1.807) is 59.5 Å². The molecule has 0 aromatic heterocycles. The van der Waals surface area contributed by atoms with Gasteiger partial charge in [0, 0.05) is 35.6 Å². The van der Waals surface area contributed by atoms with Crippen molar-refractivity contribution in [3.8, 4) is 0 Å². The molecule has 43 heavy (non-hydrogen) atoms. The number of rotatable bonds is 7. The summed E-state index contributed by atoms with van der Waals surface area (Å²) in [6.45, 7) is 1.52. The Morgan fingerprint density at radius 2 is 1.67 bits per heavy atom. The van der Waals surface area contributed by atoms with Gasteiger partial charge in [-0.05, 0) is 73.3 Å². The quantitative estimate of drug-likeness (QED) is 0.311. The third-order valence-electron chi connectivity index (χ3n) is 7.16. The Kier molecular flexibility index (Phi) is 13.6. The van der Waals surface area contributed by atoms with Gasteiger partial charge in [-0.3, -0.25) is 24.1 Å². The third kappa shape index (κ3) is 9.01. The predicted octanol–water partition coefficient (Wildman–Crippen LogP) is 3.54. The van der Waals surface area contributed by atoms with Crippen LogP contribution in [0.2, 0.25) is 0 Å². The summed E-state index contributed by atoms with van der Waals surface area (Å²) in [5, 5.41) is 12.3. The molecule has 1 fully saturated rings. The number of halogens is 2. The average Bonchev–Trinajstić information content (AvgIpc) is 3.43. The van der Waals surface area contributed by atoms with Gasteiger partial charge in [0.15, 0.2) is 0 Å². The van der Waals surface area contributed by atoms with Crippen molar-refractivity contribution in [2.24, 2.45) is 11.5 Å². The van der Waals surface area contributed by atoms with Crippen molar-refractivity contribution < 1.29 is 24.3 Å². The molecule has 1 saturated heterocycles. The van der Waals surface area contributed by atoms with Crippen molar-refractivity contribution in [2.75, 3.05) is 29.4 Å². The number of hydrogen-bond acceptors (Lipinski definition) is 6. The fraction of sp³-hybridized carbons (Fsp3) is 0.290. The normalized spacial score (nSPS) is 15.0. The zero-order valence-corrected chi connectivity index (χ0v) is 25.2. The summed E-state index contributed by atoms with van der Waals surface area (Å²) in [7, 11) is 0. The summed E-state index contributed by atoms with van der Waals surface area (Å²) in [4.78, 5) is 50.5. The molecule has 3 aromatic carbocycles. The SMILES string of the molecule is Cl.Cl.NC(=O)c1ccc2c(c1)N(C(=O)C1CCCCN1)CC2.NCc1cccc(C(=O)N(CC(=O)O)c2ccccc2)c1. The van der Waals surface area contributed by atoms with Crippen LogP contribution in [0.15, 0.2) is 72.8 Å². The third-order valence-corrected chi connectivity index (χ3v) is 7.16. The van der Waals surface area contributed by atoms with Crippen LogP contribution >= 0.6 is 24.8 Å². The van der Waals surface area contributed by atoms with E-state index in [2.05, 4.69) is 5.32 Å². The van der Waals surface area contributed by atoms with Gasteiger partial charge in [-0.25, -0.2) is 0 Å². The first kappa shape index (κ1) is 35.2. The first-order valence-corrected chi connectivity index (χ1v) is 13.6. The van der Waals surface area contributed by atoms with Gasteiger partial charge in [0.2, 0.25) is 11.8 Å². The number of carbonyl (C=O) groups excluding carboxylic acids is 3. The van der Waals surface area contributed by atoms with E-state index in [4.69, 9.17) is 16.6 Å². The van der Waals surface area contributed by atoms with Crippen molar-refractivity contribution in [2.45, 2.75) is 38.3 Å². The van der Waals surface area contributed by atoms with Crippen LogP contribution in [-0.4, -0.2) is 54.5 Å². The number of nitrogens with zero attached hydrogens (tertiary/aromatic N) is 2. The van der Waals surface area contributed by atoms with Crippen molar-refractivity contribution in [3.05, 3.63) is 95.1 Å². The van der Waals surface area contributed by atoms with E-state index < -0.39 is 18.4 Å². The summed E-state index contributed by atoms with van der Waals surface area (Å²) in [6, 6.07) is 20.9. The fourth-order valence-corrected chi connectivity index (χ4v) is 5.02.